The van der Waals surface area contributed by atoms with Gasteiger partial charge in [0.25, 0.3) is 5.56 Å². The number of hydrogen-bond acceptors (Lipinski definition) is 6. The number of carbonyl (C=O) groups is 2. The molecule has 1 fully saturated rings. The van der Waals surface area contributed by atoms with Crippen molar-refractivity contribution in [3.05, 3.63) is 68.0 Å². The summed E-state index contributed by atoms with van der Waals surface area (Å²) < 4.78 is 12.3. The minimum absolute atomic E-state index is 0.0833. The van der Waals surface area contributed by atoms with Crippen LogP contribution in [0, 0.1) is 0 Å². The number of carboxylic acid groups (broad SMARTS) is 2. The SMILES string of the molecule is O=C(O)O.O=C(OCC1CCC(n2ccc(=O)[nH]c2=O)O1)c1cccc(Cl)c1. The number of halogens is 1. The normalized spacial score (nSPS) is 18.0. The van der Waals surface area contributed by atoms with Crippen LogP contribution < -0.4 is 11.2 Å². The fourth-order valence-corrected chi connectivity index (χ4v) is 2.73. The van der Waals surface area contributed by atoms with Crippen LogP contribution >= 0.6 is 11.6 Å². The molecule has 2 unspecified atom stereocenters. The molecular weight excluding hydrogens is 396 g/mol. The largest absolute Gasteiger partial charge is 0.503 e. The van der Waals surface area contributed by atoms with Crippen LogP contribution in [0.3, 0.4) is 0 Å². The Balaban J connectivity index is 0.000000640. The summed E-state index contributed by atoms with van der Waals surface area (Å²) in [6.07, 6.45) is -0.00229. The molecule has 0 bridgehead atoms. The topological polar surface area (TPSA) is 148 Å². The zero-order valence-corrected chi connectivity index (χ0v) is 15.2. The second kappa shape index (κ2) is 9.72. The predicted octanol–water partition coefficient (Wildman–Crippen LogP) is 1.95. The van der Waals surface area contributed by atoms with Crippen molar-refractivity contribution < 1.29 is 29.3 Å². The van der Waals surface area contributed by atoms with Gasteiger partial charge in [0.05, 0.1) is 11.7 Å². The number of rotatable bonds is 4. The van der Waals surface area contributed by atoms with Crippen molar-refractivity contribution in [1.29, 1.82) is 0 Å². The van der Waals surface area contributed by atoms with E-state index in [9.17, 15) is 14.4 Å². The van der Waals surface area contributed by atoms with E-state index in [1.54, 1.807) is 18.2 Å². The first-order chi connectivity index (χ1) is 13.3. The number of ether oxygens (including phenoxy) is 2. The lowest BCUT2D eigenvalue weighted by molar-refractivity contribution is -0.0340. The summed E-state index contributed by atoms with van der Waals surface area (Å²) in [6, 6.07) is 7.75. The average Bonchev–Trinajstić information content (AvgIpc) is 3.08. The Kier molecular flexibility index (Phi) is 7.36. The van der Waals surface area contributed by atoms with E-state index in [0.29, 0.717) is 23.4 Å². The lowest BCUT2D eigenvalue weighted by Gasteiger charge is -2.15. The maximum atomic E-state index is 12.0. The molecule has 1 aliphatic rings. The minimum atomic E-state index is -1.83. The standard InChI is InChI=1S/C16H15ClN2O5.CH2O3/c17-11-3-1-2-10(8-11)15(21)23-9-12-4-5-14(24-12)19-7-6-13(20)18-16(19)22;2-1(3)4/h1-3,6-8,12,14H,4-5,9H2,(H,18,20,22);(H2,2,3,4). The molecule has 1 aromatic carbocycles. The zero-order chi connectivity index (χ0) is 20.7. The Hall–Kier alpha value is -3.11. The van der Waals surface area contributed by atoms with Crippen LogP contribution in [0.1, 0.15) is 29.4 Å². The molecule has 0 saturated carbocycles. The number of hydrogen-bond donors (Lipinski definition) is 3. The van der Waals surface area contributed by atoms with E-state index in [4.69, 9.17) is 36.1 Å². The van der Waals surface area contributed by atoms with Gasteiger partial charge in [0.1, 0.15) is 12.8 Å². The van der Waals surface area contributed by atoms with E-state index in [-0.39, 0.29) is 12.7 Å². The van der Waals surface area contributed by atoms with Crippen LogP contribution in [0.4, 0.5) is 4.79 Å². The van der Waals surface area contributed by atoms with Crippen molar-refractivity contribution in [2.24, 2.45) is 0 Å². The van der Waals surface area contributed by atoms with Gasteiger partial charge in [0, 0.05) is 17.3 Å². The molecule has 11 heteroatoms. The monoisotopic (exact) mass is 412 g/mol. The fraction of sp³-hybridized carbons (Fsp3) is 0.294. The molecule has 3 rings (SSSR count). The Morgan fingerprint density at radius 1 is 1.25 bits per heavy atom. The highest BCUT2D eigenvalue weighted by atomic mass is 35.5. The molecule has 0 spiro atoms. The average molecular weight is 413 g/mol. The first-order valence-corrected chi connectivity index (χ1v) is 8.45. The van der Waals surface area contributed by atoms with Crippen molar-refractivity contribution in [2.45, 2.75) is 25.2 Å². The van der Waals surface area contributed by atoms with Gasteiger partial charge in [-0.3, -0.25) is 14.3 Å². The number of nitrogens with zero attached hydrogens (tertiary/aromatic N) is 1. The molecule has 2 aromatic rings. The van der Waals surface area contributed by atoms with Gasteiger partial charge in [-0.2, -0.15) is 0 Å². The van der Waals surface area contributed by atoms with E-state index in [0.717, 1.165) is 0 Å². The second-order valence-corrected chi connectivity index (χ2v) is 6.14. The molecule has 10 nitrogen and oxygen atoms in total. The summed E-state index contributed by atoms with van der Waals surface area (Å²) >= 11 is 5.84. The minimum Gasteiger partial charge on any atom is -0.459 e. The van der Waals surface area contributed by atoms with E-state index >= 15 is 0 Å². The van der Waals surface area contributed by atoms with Gasteiger partial charge >= 0.3 is 17.8 Å². The van der Waals surface area contributed by atoms with Gasteiger partial charge in [-0.15, -0.1) is 0 Å². The van der Waals surface area contributed by atoms with Gasteiger partial charge in [0.15, 0.2) is 0 Å². The molecule has 1 aromatic heterocycles. The highest BCUT2D eigenvalue weighted by Gasteiger charge is 2.28. The van der Waals surface area contributed by atoms with Gasteiger partial charge in [-0.1, -0.05) is 17.7 Å². The number of H-pyrrole nitrogens is 1. The molecule has 28 heavy (non-hydrogen) atoms. The second-order valence-electron chi connectivity index (χ2n) is 5.70. The van der Waals surface area contributed by atoms with Gasteiger partial charge < -0.3 is 19.7 Å². The number of carbonyl (C=O) groups excluding carboxylic acids is 1. The van der Waals surface area contributed by atoms with E-state index < -0.39 is 29.6 Å². The summed E-state index contributed by atoms with van der Waals surface area (Å²) in [5.74, 6) is -0.481. The molecule has 0 amide bonds. The van der Waals surface area contributed by atoms with Crippen molar-refractivity contribution in [3.63, 3.8) is 0 Å². The number of aromatic nitrogens is 2. The molecule has 1 aliphatic heterocycles. The Morgan fingerprint density at radius 3 is 2.61 bits per heavy atom. The first-order valence-electron chi connectivity index (χ1n) is 8.08. The molecule has 0 aliphatic carbocycles. The number of benzene rings is 1. The van der Waals surface area contributed by atoms with Crippen molar-refractivity contribution in [2.75, 3.05) is 6.61 Å². The van der Waals surface area contributed by atoms with Crippen LogP contribution in [0.25, 0.3) is 0 Å². The first kappa shape index (κ1) is 21.2. The lowest BCUT2D eigenvalue weighted by Crippen LogP contribution is -2.31. The third-order valence-corrected chi connectivity index (χ3v) is 3.94. The molecule has 2 heterocycles. The van der Waals surface area contributed by atoms with Crippen molar-refractivity contribution in [3.8, 4) is 0 Å². The fourth-order valence-electron chi connectivity index (χ4n) is 2.54. The van der Waals surface area contributed by atoms with Gasteiger partial charge in [0.2, 0.25) is 0 Å². The predicted molar refractivity (Wildman–Crippen MR) is 96.9 cm³/mol. The van der Waals surface area contributed by atoms with Crippen molar-refractivity contribution >= 4 is 23.7 Å². The van der Waals surface area contributed by atoms with Gasteiger partial charge in [-0.25, -0.2) is 14.4 Å². The van der Waals surface area contributed by atoms with Crippen LogP contribution in [0.5, 0.6) is 0 Å². The molecule has 3 N–H and O–H groups in total. The van der Waals surface area contributed by atoms with E-state index in [1.165, 1.54) is 22.9 Å². The number of aromatic amines is 1. The van der Waals surface area contributed by atoms with Crippen LogP contribution in [-0.2, 0) is 9.47 Å². The van der Waals surface area contributed by atoms with Crippen molar-refractivity contribution in [1.82, 2.24) is 9.55 Å². The summed E-state index contributed by atoms with van der Waals surface area (Å²) in [5, 5.41) is 14.4. The maximum Gasteiger partial charge on any atom is 0.503 e. The molecule has 0 radical (unpaired) electrons. The molecule has 150 valence electrons. The van der Waals surface area contributed by atoms with Gasteiger partial charge in [-0.05, 0) is 31.0 Å². The molecular formula is C17H17ClN2O8. The Bertz CT molecular complexity index is 950. The molecule has 1 saturated heterocycles. The summed E-state index contributed by atoms with van der Waals surface area (Å²) in [7, 11) is 0. The quantitative estimate of drug-likeness (QED) is 0.645. The summed E-state index contributed by atoms with van der Waals surface area (Å²) in [5.41, 5.74) is -0.612. The zero-order valence-electron chi connectivity index (χ0n) is 14.4. The van der Waals surface area contributed by atoms with Crippen LogP contribution in [0.15, 0.2) is 46.1 Å². The highest BCUT2D eigenvalue weighted by Crippen LogP contribution is 2.27. The van der Waals surface area contributed by atoms with E-state index in [1.807, 2.05) is 0 Å². The molecule has 2 atom stereocenters. The third kappa shape index (κ3) is 6.25. The maximum absolute atomic E-state index is 12.0. The highest BCUT2D eigenvalue weighted by molar-refractivity contribution is 6.30. The van der Waals surface area contributed by atoms with E-state index in [2.05, 4.69) is 4.98 Å². The smallest absolute Gasteiger partial charge is 0.459 e. The van der Waals surface area contributed by atoms with Crippen LogP contribution in [0.2, 0.25) is 5.02 Å². The summed E-state index contributed by atoms with van der Waals surface area (Å²) in [6.45, 7) is 0.0833. The Labute approximate surface area is 162 Å². The summed E-state index contributed by atoms with van der Waals surface area (Å²) in [4.78, 5) is 45.5. The van der Waals surface area contributed by atoms with Crippen LogP contribution in [-0.4, -0.2) is 44.6 Å². The third-order valence-electron chi connectivity index (χ3n) is 3.71. The lowest BCUT2D eigenvalue weighted by atomic mass is 10.2. The number of nitrogens with one attached hydrogen (secondary N) is 1. The Morgan fingerprint density at radius 2 is 1.96 bits per heavy atom. The number of esters is 1.